The topological polar surface area (TPSA) is 102 Å². The predicted octanol–water partition coefficient (Wildman–Crippen LogP) is 1.63. The van der Waals surface area contributed by atoms with Crippen LogP contribution >= 0.6 is 0 Å². The number of carboxylic acids is 1. The summed E-state index contributed by atoms with van der Waals surface area (Å²) in [4.78, 5) is 20.5. The Balaban J connectivity index is 3.15. The second-order valence-electron chi connectivity index (χ2n) is 3.47. The lowest BCUT2D eigenvalue weighted by Gasteiger charge is -2.12. The van der Waals surface area contributed by atoms with Crippen LogP contribution in [-0.2, 0) is 4.79 Å². The van der Waals surface area contributed by atoms with Crippen molar-refractivity contribution in [2.24, 2.45) is 0 Å². The van der Waals surface area contributed by atoms with Crippen LogP contribution in [-0.4, -0.2) is 29.2 Å². The molecule has 0 heterocycles. The number of nitrogens with one attached hydrogen (secondary N) is 1. The number of rotatable bonds is 5. The van der Waals surface area contributed by atoms with E-state index in [1.807, 2.05) is 0 Å². The number of hydrogen-bond donors (Lipinski definition) is 2. The third kappa shape index (κ3) is 2.84. The van der Waals surface area contributed by atoms with Crippen molar-refractivity contribution in [2.45, 2.75) is 13.0 Å². The number of carboxylic acid groups (broad SMARTS) is 1. The molecule has 0 radical (unpaired) electrons. The number of nitrogens with zero attached hydrogens (tertiary/aromatic N) is 1. The fourth-order valence-corrected chi connectivity index (χ4v) is 1.25. The smallest absolute Gasteiger partial charge is 0.325 e. The summed E-state index contributed by atoms with van der Waals surface area (Å²) in [6.07, 6.45) is 0. The highest BCUT2D eigenvalue weighted by molar-refractivity contribution is 5.77. The van der Waals surface area contributed by atoms with Gasteiger partial charge in [-0.05, 0) is 6.92 Å². The molecule has 0 saturated carbocycles. The van der Waals surface area contributed by atoms with E-state index in [-0.39, 0.29) is 11.4 Å². The zero-order valence-electron chi connectivity index (χ0n) is 9.64. The third-order valence-electron chi connectivity index (χ3n) is 2.21. The Bertz CT molecular complexity index is 491. The monoisotopic (exact) mass is 258 g/mol. The van der Waals surface area contributed by atoms with Crippen LogP contribution in [0.2, 0.25) is 0 Å². The first-order valence-electron chi connectivity index (χ1n) is 4.88. The highest BCUT2D eigenvalue weighted by Gasteiger charge is 2.21. The summed E-state index contributed by atoms with van der Waals surface area (Å²) in [6.45, 7) is 1.32. The first-order chi connectivity index (χ1) is 8.36. The van der Waals surface area contributed by atoms with Crippen LogP contribution < -0.4 is 10.1 Å². The van der Waals surface area contributed by atoms with Gasteiger partial charge in [0.25, 0.3) is 0 Å². The van der Waals surface area contributed by atoms with Crippen LogP contribution in [0.1, 0.15) is 6.92 Å². The number of methoxy groups -OCH3 is 1. The lowest BCUT2D eigenvalue weighted by molar-refractivity contribution is -0.385. The summed E-state index contributed by atoms with van der Waals surface area (Å²) in [5, 5.41) is 21.7. The Morgan fingerprint density at radius 1 is 1.61 bits per heavy atom. The van der Waals surface area contributed by atoms with Crippen molar-refractivity contribution >= 4 is 17.3 Å². The zero-order chi connectivity index (χ0) is 13.9. The van der Waals surface area contributed by atoms with Crippen molar-refractivity contribution in [3.63, 3.8) is 0 Å². The van der Waals surface area contributed by atoms with Crippen molar-refractivity contribution in [3.05, 3.63) is 28.1 Å². The molecule has 2 N–H and O–H groups in total. The van der Waals surface area contributed by atoms with Gasteiger partial charge in [0.15, 0.2) is 11.6 Å². The molecule has 7 nitrogen and oxygen atoms in total. The average Bonchev–Trinajstić information content (AvgIpc) is 2.30. The van der Waals surface area contributed by atoms with Crippen LogP contribution in [0.25, 0.3) is 0 Å². The van der Waals surface area contributed by atoms with E-state index in [4.69, 9.17) is 9.84 Å². The van der Waals surface area contributed by atoms with E-state index in [2.05, 4.69) is 5.32 Å². The molecule has 1 atom stereocenters. The molecule has 8 heteroatoms. The quantitative estimate of drug-likeness (QED) is 0.614. The second-order valence-corrected chi connectivity index (χ2v) is 3.47. The molecule has 0 unspecified atom stereocenters. The van der Waals surface area contributed by atoms with Gasteiger partial charge in [-0.3, -0.25) is 14.9 Å². The number of nitro groups is 1. The summed E-state index contributed by atoms with van der Waals surface area (Å²) >= 11 is 0. The standard InChI is InChI=1S/C10H11FN2O5/c1-5(10(14)15)12-7-4-9(18-2)8(13(16)17)3-6(7)11/h3-5,12H,1-2H3,(H,14,15)/t5-/m0/s1. The molecule has 1 rings (SSSR count). The molecule has 1 aromatic carbocycles. The lowest BCUT2D eigenvalue weighted by atomic mass is 10.2. The Labute approximate surface area is 101 Å². The predicted molar refractivity (Wildman–Crippen MR) is 60.3 cm³/mol. The highest BCUT2D eigenvalue weighted by Crippen LogP contribution is 2.32. The first kappa shape index (κ1) is 13.7. The van der Waals surface area contributed by atoms with Gasteiger partial charge in [0.2, 0.25) is 0 Å². The van der Waals surface area contributed by atoms with Crippen molar-refractivity contribution in [3.8, 4) is 5.75 Å². The van der Waals surface area contributed by atoms with Gasteiger partial charge >= 0.3 is 11.7 Å². The Kier molecular flexibility index (Phi) is 4.03. The number of benzene rings is 1. The normalized spacial score (nSPS) is 11.7. The van der Waals surface area contributed by atoms with E-state index in [0.717, 1.165) is 6.07 Å². The van der Waals surface area contributed by atoms with E-state index in [1.54, 1.807) is 0 Å². The minimum Gasteiger partial charge on any atom is -0.490 e. The molecule has 1 aromatic rings. The molecule has 18 heavy (non-hydrogen) atoms. The van der Waals surface area contributed by atoms with Gasteiger partial charge in [-0.1, -0.05) is 0 Å². The summed E-state index contributed by atoms with van der Waals surface area (Å²) in [5.41, 5.74) is -0.698. The van der Waals surface area contributed by atoms with E-state index in [0.29, 0.717) is 6.07 Å². The Morgan fingerprint density at radius 3 is 2.67 bits per heavy atom. The average molecular weight is 258 g/mol. The third-order valence-corrected chi connectivity index (χ3v) is 2.21. The fourth-order valence-electron chi connectivity index (χ4n) is 1.25. The molecule has 0 spiro atoms. The summed E-state index contributed by atoms with van der Waals surface area (Å²) in [6, 6.07) is 0.688. The van der Waals surface area contributed by atoms with Gasteiger partial charge in [0, 0.05) is 6.07 Å². The molecule has 0 saturated heterocycles. The minimum absolute atomic E-state index is 0.151. The van der Waals surface area contributed by atoms with E-state index >= 15 is 0 Å². The van der Waals surface area contributed by atoms with Crippen molar-refractivity contribution in [2.75, 3.05) is 12.4 Å². The molecular weight excluding hydrogens is 247 g/mol. The van der Waals surface area contributed by atoms with Gasteiger partial charge < -0.3 is 15.2 Å². The molecule has 0 aliphatic rings. The largest absolute Gasteiger partial charge is 0.490 e. The molecule has 0 aliphatic carbocycles. The maximum absolute atomic E-state index is 13.5. The molecule has 0 amide bonds. The van der Waals surface area contributed by atoms with Gasteiger partial charge in [0.1, 0.15) is 6.04 Å². The van der Waals surface area contributed by atoms with Gasteiger partial charge in [-0.15, -0.1) is 0 Å². The fraction of sp³-hybridized carbons (Fsp3) is 0.300. The summed E-state index contributed by atoms with van der Waals surface area (Å²) in [7, 11) is 1.20. The van der Waals surface area contributed by atoms with Gasteiger partial charge in [-0.2, -0.15) is 0 Å². The van der Waals surface area contributed by atoms with Crippen molar-refractivity contribution in [1.29, 1.82) is 0 Å². The molecular formula is C10H11FN2O5. The number of nitro benzene ring substituents is 1. The maximum atomic E-state index is 13.5. The van der Waals surface area contributed by atoms with Crippen molar-refractivity contribution < 1.29 is 24.0 Å². The maximum Gasteiger partial charge on any atom is 0.325 e. The minimum atomic E-state index is -1.17. The molecule has 0 bridgehead atoms. The molecule has 0 aromatic heterocycles. The number of halogens is 1. The van der Waals surface area contributed by atoms with Crippen LogP contribution in [0.15, 0.2) is 12.1 Å². The summed E-state index contributed by atoms with van der Waals surface area (Å²) in [5.74, 6) is -2.25. The molecule has 98 valence electrons. The Morgan fingerprint density at radius 2 is 2.22 bits per heavy atom. The summed E-state index contributed by atoms with van der Waals surface area (Å²) < 4.78 is 18.3. The lowest BCUT2D eigenvalue weighted by Crippen LogP contribution is -2.25. The Hall–Kier alpha value is -2.38. The van der Waals surface area contributed by atoms with Crippen molar-refractivity contribution in [1.82, 2.24) is 0 Å². The van der Waals surface area contributed by atoms with Crippen LogP contribution in [0.3, 0.4) is 0 Å². The number of aliphatic carboxylic acids is 1. The number of carbonyl (C=O) groups is 1. The van der Waals surface area contributed by atoms with Crippen LogP contribution in [0.5, 0.6) is 5.75 Å². The van der Waals surface area contributed by atoms with Gasteiger partial charge in [0.05, 0.1) is 23.8 Å². The number of anilines is 1. The first-order valence-corrected chi connectivity index (χ1v) is 4.88. The highest BCUT2D eigenvalue weighted by atomic mass is 19.1. The van der Waals surface area contributed by atoms with E-state index in [1.165, 1.54) is 14.0 Å². The van der Waals surface area contributed by atoms with Crippen LogP contribution in [0, 0.1) is 15.9 Å². The number of ether oxygens (including phenoxy) is 1. The number of hydrogen-bond acceptors (Lipinski definition) is 5. The second kappa shape index (κ2) is 5.30. The van der Waals surface area contributed by atoms with Gasteiger partial charge in [-0.25, -0.2) is 4.39 Å². The zero-order valence-corrected chi connectivity index (χ0v) is 9.64. The van der Waals surface area contributed by atoms with E-state index in [9.17, 15) is 19.3 Å². The van der Waals surface area contributed by atoms with Crippen LogP contribution in [0.4, 0.5) is 15.8 Å². The SMILES string of the molecule is COc1cc(N[C@@H](C)C(=O)O)c(F)cc1[N+](=O)[O-]. The van der Waals surface area contributed by atoms with E-state index < -0.39 is 28.4 Å². The molecule has 0 aliphatic heterocycles. The molecule has 0 fully saturated rings.